The average Bonchev–Trinajstić information content (AvgIpc) is 3.58. The molecule has 1 atom stereocenters. The fourth-order valence-corrected chi connectivity index (χ4v) is 7.32. The molecular weight excluding hydrogens is 597 g/mol. The summed E-state index contributed by atoms with van der Waals surface area (Å²) in [7, 11) is 0.850. The lowest BCUT2D eigenvalue weighted by Gasteiger charge is -2.34. The molecule has 244 valence electrons. The first-order valence-corrected chi connectivity index (χ1v) is 17.6. The Morgan fingerprint density at radius 2 is 1.98 bits per heavy atom. The van der Waals surface area contributed by atoms with Crippen molar-refractivity contribution < 1.29 is 14.3 Å². The van der Waals surface area contributed by atoms with E-state index in [-0.39, 0.29) is 12.1 Å². The van der Waals surface area contributed by atoms with Crippen molar-refractivity contribution in [3.05, 3.63) is 41.9 Å². The fourth-order valence-electron chi connectivity index (χ4n) is 6.32. The molecule has 2 radical (unpaired) electrons. The van der Waals surface area contributed by atoms with Crippen LogP contribution in [-0.2, 0) is 29.0 Å². The highest BCUT2D eigenvalue weighted by Crippen LogP contribution is 2.40. The van der Waals surface area contributed by atoms with Gasteiger partial charge in [0.25, 0.3) is 0 Å². The van der Waals surface area contributed by atoms with Gasteiger partial charge in [0.1, 0.15) is 18.0 Å². The number of anilines is 1. The summed E-state index contributed by atoms with van der Waals surface area (Å²) in [5.74, 6) is 0.585. The highest BCUT2D eigenvalue weighted by Gasteiger charge is 2.29. The summed E-state index contributed by atoms with van der Waals surface area (Å²) < 4.78 is 14.3. The maximum absolute atomic E-state index is 12.8. The molecule has 0 saturated carbocycles. The number of aryl methyl sites for hydroxylation is 1. The van der Waals surface area contributed by atoms with Crippen LogP contribution < -0.4 is 5.32 Å². The van der Waals surface area contributed by atoms with Gasteiger partial charge in [-0.3, -0.25) is 0 Å². The van der Waals surface area contributed by atoms with Crippen LogP contribution in [0.25, 0.3) is 33.4 Å². The number of piperidine rings is 1. The first-order chi connectivity index (χ1) is 21.9. The molecule has 1 aliphatic heterocycles. The second-order valence-corrected chi connectivity index (χ2v) is 16.7. The van der Waals surface area contributed by atoms with E-state index in [4.69, 9.17) is 19.4 Å². The first kappa shape index (κ1) is 32.2. The third-order valence-electron chi connectivity index (χ3n) is 8.37. The zero-order chi connectivity index (χ0) is 32.5. The summed E-state index contributed by atoms with van der Waals surface area (Å²) in [6.45, 7) is 15.0. The number of H-pyrrole nitrogens is 1. The minimum absolute atomic E-state index is 0.0399. The Balaban J connectivity index is 1.31. The van der Waals surface area contributed by atoms with Crippen LogP contribution in [0.15, 0.2) is 30.6 Å². The molecule has 4 heterocycles. The van der Waals surface area contributed by atoms with E-state index < -0.39 is 5.60 Å². The van der Waals surface area contributed by atoms with Gasteiger partial charge in [0.2, 0.25) is 5.95 Å². The molecule has 1 aromatic carbocycles. The number of fused-ring (bicyclic) bond motifs is 5. The monoisotopic (exact) mass is 642 g/mol. The van der Waals surface area contributed by atoms with Crippen molar-refractivity contribution >= 4 is 32.5 Å². The van der Waals surface area contributed by atoms with E-state index in [9.17, 15) is 4.79 Å². The number of carbonyl (C=O) groups is 1. The fraction of sp³-hybridized carbons (Fsp3) is 0.559. The van der Waals surface area contributed by atoms with Gasteiger partial charge in [-0.05, 0) is 75.6 Å². The van der Waals surface area contributed by atoms with E-state index in [2.05, 4.69) is 64.3 Å². The summed E-state index contributed by atoms with van der Waals surface area (Å²) in [6, 6.07) is 7.56. The maximum atomic E-state index is 12.8. The van der Waals surface area contributed by atoms with Crippen molar-refractivity contribution in [3.8, 4) is 22.5 Å². The van der Waals surface area contributed by atoms with Crippen LogP contribution >= 0.6 is 0 Å². The second-order valence-electron chi connectivity index (χ2n) is 14.4. The van der Waals surface area contributed by atoms with E-state index in [1.165, 1.54) is 5.69 Å². The summed E-state index contributed by atoms with van der Waals surface area (Å²) >= 11 is 0. The topological polar surface area (TPSA) is 123 Å². The number of benzene rings is 1. The van der Waals surface area contributed by atoms with Crippen molar-refractivity contribution in [2.75, 3.05) is 25.0 Å². The van der Waals surface area contributed by atoms with Crippen LogP contribution in [0.3, 0.4) is 0 Å². The van der Waals surface area contributed by atoms with Gasteiger partial charge < -0.3 is 24.3 Å². The Labute approximate surface area is 273 Å². The van der Waals surface area contributed by atoms with Crippen molar-refractivity contribution in [2.24, 2.45) is 0 Å². The standard InChI is InChI=1S/C34H46N8O3Si/c1-33(2,3)45-32(43)41-14-8-10-24(20-41)37-31-35-18-23-9-7-11-27-29(30(23)38-31)25-13-12-22(26-19-36-40-39-26)17-28(25)42(27)21-44-15-16-46-34(4,5)6/h12-13,17-19,24H,7-11,14-16,20-21H2,1-6H3,(H,35,37,38)(H,36,39,40)/t24-/m0/s1. The Morgan fingerprint density at radius 3 is 2.74 bits per heavy atom. The number of ether oxygens (including phenoxy) is 2. The van der Waals surface area contributed by atoms with E-state index in [1.807, 2.05) is 27.0 Å². The van der Waals surface area contributed by atoms with Crippen molar-refractivity contribution in [1.29, 1.82) is 0 Å². The molecule has 1 fully saturated rings. The predicted octanol–water partition coefficient (Wildman–Crippen LogP) is 6.50. The molecule has 2 N–H and O–H groups in total. The molecule has 2 aliphatic rings. The summed E-state index contributed by atoms with van der Waals surface area (Å²) in [5, 5.41) is 16.1. The third-order valence-corrected chi connectivity index (χ3v) is 9.89. The zero-order valence-electron chi connectivity index (χ0n) is 27.9. The van der Waals surface area contributed by atoms with Gasteiger partial charge in [-0.15, -0.1) is 0 Å². The van der Waals surface area contributed by atoms with Gasteiger partial charge in [-0.1, -0.05) is 32.9 Å². The average molecular weight is 643 g/mol. The molecule has 0 spiro atoms. The Hall–Kier alpha value is -3.77. The molecule has 1 amide bonds. The van der Waals surface area contributed by atoms with Gasteiger partial charge in [-0.2, -0.15) is 15.4 Å². The number of nitrogens with zero attached hydrogens (tertiary/aromatic N) is 6. The summed E-state index contributed by atoms with van der Waals surface area (Å²) in [5.41, 5.74) is 6.89. The van der Waals surface area contributed by atoms with Crippen LogP contribution in [0.1, 0.15) is 72.1 Å². The zero-order valence-corrected chi connectivity index (χ0v) is 28.9. The van der Waals surface area contributed by atoms with Gasteiger partial charge >= 0.3 is 6.09 Å². The molecule has 1 saturated heterocycles. The van der Waals surface area contributed by atoms with Crippen molar-refractivity contribution in [2.45, 2.75) is 103 Å². The summed E-state index contributed by atoms with van der Waals surface area (Å²) in [6.07, 6.45) is 8.11. The number of carbonyl (C=O) groups excluding carboxylic acids is 1. The van der Waals surface area contributed by atoms with Crippen molar-refractivity contribution in [3.63, 3.8) is 0 Å². The van der Waals surface area contributed by atoms with E-state index in [1.54, 1.807) is 11.1 Å². The van der Waals surface area contributed by atoms with Gasteiger partial charge in [0.05, 0.1) is 17.4 Å². The number of aromatic nitrogens is 6. The highest BCUT2D eigenvalue weighted by atomic mass is 28.2. The quantitative estimate of drug-likeness (QED) is 0.165. The molecule has 0 unspecified atom stereocenters. The van der Waals surface area contributed by atoms with Crippen LogP contribution in [0, 0.1) is 0 Å². The van der Waals surface area contributed by atoms with Gasteiger partial charge in [0.15, 0.2) is 0 Å². The SMILES string of the molecule is CC(C)(C)OC(=O)N1CCC[C@H](Nc2ncc3c(n2)-c2c(n(COCC[Si]C(C)(C)C)c4cc(-c5cn[nH]n5)ccc24)CCC3)C1. The van der Waals surface area contributed by atoms with Gasteiger partial charge in [0, 0.05) is 63.7 Å². The number of aromatic amines is 1. The number of hydrogen-bond donors (Lipinski definition) is 2. The molecule has 1 aliphatic carbocycles. The molecule has 11 nitrogen and oxygen atoms in total. The largest absolute Gasteiger partial charge is 0.444 e. The molecule has 0 bridgehead atoms. The Bertz CT molecular complexity index is 1670. The lowest BCUT2D eigenvalue weighted by Crippen LogP contribution is -2.47. The number of hydrogen-bond acceptors (Lipinski definition) is 8. The number of rotatable bonds is 8. The van der Waals surface area contributed by atoms with E-state index in [0.29, 0.717) is 30.8 Å². The molecule has 4 aromatic rings. The third kappa shape index (κ3) is 7.44. The smallest absolute Gasteiger partial charge is 0.410 e. The van der Waals surface area contributed by atoms with Crippen LogP contribution in [0.2, 0.25) is 11.1 Å². The van der Waals surface area contributed by atoms with Gasteiger partial charge in [-0.25, -0.2) is 14.8 Å². The van der Waals surface area contributed by atoms with Crippen molar-refractivity contribution in [1.82, 2.24) is 34.8 Å². The minimum atomic E-state index is -0.526. The van der Waals surface area contributed by atoms with E-state index in [0.717, 1.165) is 93.3 Å². The van der Waals surface area contributed by atoms with Crippen LogP contribution in [-0.4, -0.2) is 81.8 Å². The van der Waals surface area contributed by atoms with E-state index >= 15 is 0 Å². The predicted molar refractivity (Wildman–Crippen MR) is 181 cm³/mol. The maximum Gasteiger partial charge on any atom is 0.410 e. The highest BCUT2D eigenvalue weighted by molar-refractivity contribution is 6.39. The molecular formula is C34H46N8O3Si. The molecule has 46 heavy (non-hydrogen) atoms. The number of amides is 1. The van der Waals surface area contributed by atoms with Crippen LogP contribution in [0.4, 0.5) is 10.7 Å². The number of likely N-dealkylation sites (tertiary alicyclic amines) is 1. The lowest BCUT2D eigenvalue weighted by molar-refractivity contribution is 0.0206. The summed E-state index contributed by atoms with van der Waals surface area (Å²) in [4.78, 5) is 24.5. The first-order valence-electron chi connectivity index (χ1n) is 16.4. The Morgan fingerprint density at radius 1 is 1.13 bits per heavy atom. The molecule has 12 heteroatoms. The Kier molecular flexibility index (Phi) is 9.20. The second kappa shape index (κ2) is 13.1. The molecule has 3 aromatic heterocycles. The van der Waals surface area contributed by atoms with Crippen LogP contribution in [0.5, 0.6) is 0 Å². The lowest BCUT2D eigenvalue weighted by atomic mass is 10.0. The minimum Gasteiger partial charge on any atom is -0.444 e. The normalized spacial score (nSPS) is 17.0. The molecule has 6 rings (SSSR count). The number of nitrogens with one attached hydrogen (secondary N) is 2.